The third-order valence-corrected chi connectivity index (χ3v) is 4.73. The Morgan fingerprint density at radius 3 is 2.28 bits per heavy atom. The highest BCUT2D eigenvalue weighted by molar-refractivity contribution is 5.94. The van der Waals surface area contributed by atoms with E-state index in [0.29, 0.717) is 32.8 Å². The van der Waals surface area contributed by atoms with E-state index in [-0.39, 0.29) is 11.9 Å². The second-order valence-electron chi connectivity index (χ2n) is 6.56. The molecule has 0 atom stereocenters. The molecule has 2 aliphatic heterocycles. The Bertz CT molecular complexity index is 674. The molecule has 0 radical (unpaired) electrons. The molecule has 1 aromatic rings. The van der Waals surface area contributed by atoms with Crippen molar-refractivity contribution < 1.29 is 14.3 Å². The number of hydrogen-bond acceptors (Lipinski definition) is 3. The zero-order valence-electron chi connectivity index (χ0n) is 14.9. The van der Waals surface area contributed by atoms with Crippen molar-refractivity contribution in [2.75, 3.05) is 38.1 Å². The standard InChI is InChI=1S/C19H25N3O3/c1-14-5-7-16(8-6-14)20-19(24)22-11-9-21(10-12-22)18(23)17-4-3-13-25-15(17)2/h5-8H,3-4,9-13H2,1-2H3,(H,20,24). The highest BCUT2D eigenvalue weighted by Crippen LogP contribution is 2.21. The first-order valence-electron chi connectivity index (χ1n) is 8.79. The Balaban J connectivity index is 1.53. The maximum atomic E-state index is 12.6. The van der Waals surface area contributed by atoms with Gasteiger partial charge in [-0.25, -0.2) is 4.79 Å². The van der Waals surface area contributed by atoms with Crippen LogP contribution in [0.5, 0.6) is 0 Å². The molecule has 134 valence electrons. The molecule has 0 unspecified atom stereocenters. The lowest BCUT2D eigenvalue weighted by atomic mass is 10.1. The van der Waals surface area contributed by atoms with Crippen molar-refractivity contribution in [3.05, 3.63) is 41.2 Å². The van der Waals surface area contributed by atoms with E-state index >= 15 is 0 Å². The number of aryl methyl sites for hydroxylation is 1. The van der Waals surface area contributed by atoms with Gasteiger partial charge in [-0.05, 0) is 38.8 Å². The van der Waals surface area contributed by atoms with Crippen molar-refractivity contribution in [3.8, 4) is 0 Å². The molecule has 1 fully saturated rings. The molecule has 3 rings (SSSR count). The van der Waals surface area contributed by atoms with Crippen LogP contribution in [-0.4, -0.2) is 54.5 Å². The van der Waals surface area contributed by atoms with Crippen LogP contribution >= 0.6 is 0 Å². The van der Waals surface area contributed by atoms with Gasteiger partial charge in [0, 0.05) is 31.9 Å². The van der Waals surface area contributed by atoms with Gasteiger partial charge >= 0.3 is 6.03 Å². The predicted octanol–water partition coefficient (Wildman–Crippen LogP) is 2.76. The maximum Gasteiger partial charge on any atom is 0.321 e. The fraction of sp³-hybridized carbons (Fsp3) is 0.474. The summed E-state index contributed by atoms with van der Waals surface area (Å²) in [6.07, 6.45) is 1.66. The minimum absolute atomic E-state index is 0.0517. The normalized spacial score (nSPS) is 18.0. The molecule has 1 saturated heterocycles. The first-order chi connectivity index (χ1) is 12.0. The number of urea groups is 1. The van der Waals surface area contributed by atoms with Gasteiger partial charge in [0.05, 0.1) is 12.2 Å². The fourth-order valence-electron chi connectivity index (χ4n) is 3.14. The number of carbonyl (C=O) groups excluding carboxylic acids is 2. The summed E-state index contributed by atoms with van der Waals surface area (Å²) in [5.74, 6) is 0.798. The highest BCUT2D eigenvalue weighted by atomic mass is 16.5. The second kappa shape index (κ2) is 7.59. The molecule has 0 aliphatic carbocycles. The van der Waals surface area contributed by atoms with Crippen molar-refractivity contribution in [3.63, 3.8) is 0 Å². The minimum Gasteiger partial charge on any atom is -0.498 e. The van der Waals surface area contributed by atoms with Crippen LogP contribution in [0.15, 0.2) is 35.6 Å². The van der Waals surface area contributed by atoms with Crippen LogP contribution < -0.4 is 5.32 Å². The number of piperazine rings is 1. The molecule has 6 heteroatoms. The van der Waals surface area contributed by atoms with Gasteiger partial charge in [0.1, 0.15) is 5.76 Å². The number of benzene rings is 1. The number of amides is 3. The van der Waals surface area contributed by atoms with E-state index in [1.54, 1.807) is 4.90 Å². The monoisotopic (exact) mass is 343 g/mol. The van der Waals surface area contributed by atoms with Gasteiger partial charge in [-0.15, -0.1) is 0 Å². The number of anilines is 1. The molecule has 0 saturated carbocycles. The Morgan fingerprint density at radius 1 is 1.00 bits per heavy atom. The van der Waals surface area contributed by atoms with E-state index in [0.717, 1.165) is 35.4 Å². The lowest BCUT2D eigenvalue weighted by Gasteiger charge is -2.35. The van der Waals surface area contributed by atoms with Crippen molar-refractivity contribution >= 4 is 17.6 Å². The van der Waals surface area contributed by atoms with Gasteiger partial charge in [0.15, 0.2) is 0 Å². The van der Waals surface area contributed by atoms with Crippen LogP contribution in [0.2, 0.25) is 0 Å². The topological polar surface area (TPSA) is 61.9 Å². The number of nitrogens with one attached hydrogen (secondary N) is 1. The Labute approximate surface area is 148 Å². The number of hydrogen-bond donors (Lipinski definition) is 1. The minimum atomic E-state index is -0.118. The lowest BCUT2D eigenvalue weighted by molar-refractivity contribution is -0.129. The summed E-state index contributed by atoms with van der Waals surface area (Å²) >= 11 is 0. The molecule has 6 nitrogen and oxygen atoms in total. The number of allylic oxidation sites excluding steroid dienone is 1. The molecule has 1 aromatic carbocycles. The van der Waals surface area contributed by atoms with Crippen LogP contribution in [0.1, 0.15) is 25.3 Å². The molecule has 0 spiro atoms. The molecule has 0 aromatic heterocycles. The fourth-order valence-corrected chi connectivity index (χ4v) is 3.14. The van der Waals surface area contributed by atoms with Crippen LogP contribution in [0.25, 0.3) is 0 Å². The number of rotatable bonds is 2. The van der Waals surface area contributed by atoms with Gasteiger partial charge in [0.2, 0.25) is 0 Å². The summed E-state index contributed by atoms with van der Waals surface area (Å²) in [7, 11) is 0. The van der Waals surface area contributed by atoms with E-state index in [1.165, 1.54) is 0 Å². The first kappa shape index (κ1) is 17.3. The molecule has 3 amide bonds. The second-order valence-corrected chi connectivity index (χ2v) is 6.56. The lowest BCUT2D eigenvalue weighted by Crippen LogP contribution is -2.52. The zero-order valence-corrected chi connectivity index (χ0v) is 14.9. The summed E-state index contributed by atoms with van der Waals surface area (Å²) in [6.45, 7) is 6.74. The van der Waals surface area contributed by atoms with Crippen LogP contribution in [0.4, 0.5) is 10.5 Å². The van der Waals surface area contributed by atoms with Gasteiger partial charge in [0.25, 0.3) is 5.91 Å². The van der Waals surface area contributed by atoms with Crippen LogP contribution in [-0.2, 0) is 9.53 Å². The highest BCUT2D eigenvalue weighted by Gasteiger charge is 2.28. The smallest absolute Gasteiger partial charge is 0.321 e. The zero-order chi connectivity index (χ0) is 17.8. The Morgan fingerprint density at radius 2 is 1.64 bits per heavy atom. The molecule has 1 N–H and O–H groups in total. The summed E-state index contributed by atoms with van der Waals surface area (Å²) in [4.78, 5) is 28.6. The Kier molecular flexibility index (Phi) is 5.26. The van der Waals surface area contributed by atoms with E-state index in [2.05, 4.69) is 5.32 Å². The van der Waals surface area contributed by atoms with Crippen molar-refractivity contribution in [2.24, 2.45) is 0 Å². The Hall–Kier alpha value is -2.50. The van der Waals surface area contributed by atoms with E-state index < -0.39 is 0 Å². The quantitative estimate of drug-likeness (QED) is 0.898. The van der Waals surface area contributed by atoms with Crippen molar-refractivity contribution in [1.29, 1.82) is 0 Å². The maximum absolute atomic E-state index is 12.6. The third kappa shape index (κ3) is 4.13. The average Bonchev–Trinajstić information content (AvgIpc) is 2.63. The summed E-state index contributed by atoms with van der Waals surface area (Å²) in [5.41, 5.74) is 2.72. The van der Waals surface area contributed by atoms with Gasteiger partial charge in [-0.3, -0.25) is 4.79 Å². The van der Waals surface area contributed by atoms with E-state index in [4.69, 9.17) is 4.74 Å². The summed E-state index contributed by atoms with van der Waals surface area (Å²) in [6, 6.07) is 7.60. The van der Waals surface area contributed by atoms with Crippen LogP contribution in [0, 0.1) is 6.92 Å². The largest absolute Gasteiger partial charge is 0.498 e. The summed E-state index contributed by atoms with van der Waals surface area (Å²) in [5, 5.41) is 2.91. The number of nitrogens with zero attached hydrogens (tertiary/aromatic N) is 2. The number of carbonyl (C=O) groups is 2. The summed E-state index contributed by atoms with van der Waals surface area (Å²) < 4.78 is 5.49. The molecular weight excluding hydrogens is 318 g/mol. The molecule has 0 bridgehead atoms. The van der Waals surface area contributed by atoms with Crippen molar-refractivity contribution in [1.82, 2.24) is 9.80 Å². The predicted molar refractivity (Wildman–Crippen MR) is 96.2 cm³/mol. The van der Waals surface area contributed by atoms with Crippen molar-refractivity contribution in [2.45, 2.75) is 26.7 Å². The van der Waals surface area contributed by atoms with E-state index in [1.807, 2.05) is 43.0 Å². The van der Waals surface area contributed by atoms with Crippen LogP contribution in [0.3, 0.4) is 0 Å². The number of ether oxygens (including phenoxy) is 1. The molecule has 2 aliphatic rings. The third-order valence-electron chi connectivity index (χ3n) is 4.73. The van der Waals surface area contributed by atoms with Gasteiger partial charge < -0.3 is 19.9 Å². The molecule has 25 heavy (non-hydrogen) atoms. The van der Waals surface area contributed by atoms with E-state index in [9.17, 15) is 9.59 Å². The van der Waals surface area contributed by atoms with Gasteiger partial charge in [-0.1, -0.05) is 17.7 Å². The first-order valence-corrected chi connectivity index (χ1v) is 8.79. The molecular formula is C19H25N3O3. The SMILES string of the molecule is CC1=C(C(=O)N2CCN(C(=O)Nc3ccc(C)cc3)CC2)CCCO1. The average molecular weight is 343 g/mol. The molecule has 2 heterocycles. The van der Waals surface area contributed by atoms with Gasteiger partial charge in [-0.2, -0.15) is 0 Å².